The number of carboxylic acids is 2. The average molecular weight is 607 g/mol. The average Bonchev–Trinajstić information content (AvgIpc) is 2.93. The summed E-state index contributed by atoms with van der Waals surface area (Å²) in [5.74, 6) is -6.83. The lowest BCUT2D eigenvalue weighted by atomic mass is 10.00. The lowest BCUT2D eigenvalue weighted by Gasteiger charge is -2.28. The molecule has 0 aliphatic rings. The van der Waals surface area contributed by atoms with Crippen molar-refractivity contribution >= 4 is 35.6 Å². The van der Waals surface area contributed by atoms with E-state index in [1.54, 1.807) is 27.7 Å². The maximum atomic E-state index is 13.3. The predicted molar refractivity (Wildman–Crippen MR) is 158 cm³/mol. The van der Waals surface area contributed by atoms with Gasteiger partial charge >= 0.3 is 11.9 Å². The number of carbonyl (C=O) groups excluding carboxylic acids is 4. The first-order valence-corrected chi connectivity index (χ1v) is 14.3. The predicted octanol–water partition coefficient (Wildman–Crippen LogP) is -0.504. The van der Waals surface area contributed by atoms with Crippen molar-refractivity contribution in [3.05, 3.63) is 35.9 Å². The first-order valence-electron chi connectivity index (χ1n) is 14.3. The Kier molecular flexibility index (Phi) is 15.9. The molecule has 10 N–H and O–H groups in total. The Morgan fingerprint density at radius 2 is 1.26 bits per heavy atom. The van der Waals surface area contributed by atoms with Crippen LogP contribution in [-0.4, -0.2) is 82.5 Å². The number of hydrogen-bond acceptors (Lipinski definition) is 8. The van der Waals surface area contributed by atoms with Crippen LogP contribution in [0.15, 0.2) is 30.3 Å². The molecule has 1 aromatic rings. The summed E-state index contributed by atoms with van der Waals surface area (Å²) < 4.78 is 0. The summed E-state index contributed by atoms with van der Waals surface area (Å²) >= 11 is 0. The molecular weight excluding hydrogens is 560 g/mol. The van der Waals surface area contributed by atoms with Gasteiger partial charge in [0.25, 0.3) is 0 Å². The van der Waals surface area contributed by atoms with Gasteiger partial charge in [0.05, 0.1) is 12.5 Å². The van der Waals surface area contributed by atoms with Crippen molar-refractivity contribution in [2.75, 3.05) is 6.54 Å². The molecule has 43 heavy (non-hydrogen) atoms. The lowest BCUT2D eigenvalue weighted by molar-refractivity contribution is -0.144. The van der Waals surface area contributed by atoms with E-state index in [0.717, 1.165) is 5.56 Å². The Hall–Kier alpha value is -4.04. The molecule has 14 nitrogen and oxygen atoms in total. The summed E-state index contributed by atoms with van der Waals surface area (Å²) in [6.07, 6.45) is 0.729. The second-order valence-corrected chi connectivity index (χ2v) is 11.1. The minimum Gasteiger partial charge on any atom is -0.481 e. The Morgan fingerprint density at radius 3 is 1.77 bits per heavy atom. The van der Waals surface area contributed by atoms with E-state index in [2.05, 4.69) is 21.3 Å². The summed E-state index contributed by atoms with van der Waals surface area (Å²) in [7, 11) is 0. The topological polar surface area (TPSA) is 243 Å². The van der Waals surface area contributed by atoms with Gasteiger partial charge in [-0.25, -0.2) is 4.79 Å². The van der Waals surface area contributed by atoms with E-state index in [1.807, 2.05) is 30.3 Å². The highest BCUT2D eigenvalue weighted by molar-refractivity contribution is 5.96. The van der Waals surface area contributed by atoms with E-state index >= 15 is 0 Å². The van der Waals surface area contributed by atoms with Crippen LogP contribution in [-0.2, 0) is 35.2 Å². The van der Waals surface area contributed by atoms with Crippen LogP contribution in [0, 0.1) is 11.8 Å². The number of rotatable bonds is 19. The van der Waals surface area contributed by atoms with Gasteiger partial charge in [0.15, 0.2) is 0 Å². The third kappa shape index (κ3) is 13.2. The Labute approximate surface area is 251 Å². The van der Waals surface area contributed by atoms with Crippen LogP contribution in [0.25, 0.3) is 0 Å². The van der Waals surface area contributed by atoms with Crippen molar-refractivity contribution in [1.82, 2.24) is 21.3 Å². The van der Waals surface area contributed by atoms with Crippen LogP contribution in [0.2, 0.25) is 0 Å². The molecule has 14 heteroatoms. The van der Waals surface area contributed by atoms with Crippen molar-refractivity contribution in [2.45, 2.75) is 90.0 Å². The molecule has 0 spiro atoms. The first kappa shape index (κ1) is 37.0. The molecule has 5 atom stereocenters. The van der Waals surface area contributed by atoms with Crippen molar-refractivity contribution in [3.8, 4) is 0 Å². The SMILES string of the molecule is CC(C)C(NC(=O)C(CC(=O)O)NC(=O)C(NC(=O)C(CCCCN)NC(=O)C(N)Cc1ccccc1)C(C)C)C(=O)O. The number of carboxylic acid groups (broad SMARTS) is 2. The van der Waals surface area contributed by atoms with Crippen molar-refractivity contribution in [2.24, 2.45) is 23.3 Å². The van der Waals surface area contributed by atoms with Gasteiger partial charge < -0.3 is 42.9 Å². The fourth-order valence-corrected chi connectivity index (χ4v) is 4.20. The van der Waals surface area contributed by atoms with Crippen LogP contribution in [0.4, 0.5) is 0 Å². The maximum absolute atomic E-state index is 13.3. The van der Waals surface area contributed by atoms with Crippen LogP contribution in [0.1, 0.15) is 58.9 Å². The Bertz CT molecular complexity index is 1100. The number of nitrogens with one attached hydrogen (secondary N) is 4. The highest BCUT2D eigenvalue weighted by atomic mass is 16.4. The molecule has 0 fully saturated rings. The van der Waals surface area contributed by atoms with Gasteiger partial charge in [-0.2, -0.15) is 0 Å². The second-order valence-electron chi connectivity index (χ2n) is 11.1. The number of amides is 4. The highest BCUT2D eigenvalue weighted by Gasteiger charge is 2.34. The number of benzene rings is 1. The van der Waals surface area contributed by atoms with Crippen molar-refractivity contribution in [1.29, 1.82) is 0 Å². The molecular formula is C29H46N6O8. The van der Waals surface area contributed by atoms with Gasteiger partial charge in [-0.3, -0.25) is 24.0 Å². The zero-order valence-electron chi connectivity index (χ0n) is 25.2. The van der Waals surface area contributed by atoms with Gasteiger partial charge in [-0.15, -0.1) is 0 Å². The van der Waals surface area contributed by atoms with Crippen LogP contribution in [0.3, 0.4) is 0 Å². The van der Waals surface area contributed by atoms with Gasteiger partial charge in [0.2, 0.25) is 23.6 Å². The van der Waals surface area contributed by atoms with E-state index in [4.69, 9.17) is 11.5 Å². The number of hydrogen-bond donors (Lipinski definition) is 8. The van der Waals surface area contributed by atoms with Crippen LogP contribution in [0.5, 0.6) is 0 Å². The van der Waals surface area contributed by atoms with Crippen LogP contribution >= 0.6 is 0 Å². The molecule has 1 aromatic carbocycles. The van der Waals surface area contributed by atoms with Gasteiger partial charge in [-0.05, 0) is 49.6 Å². The molecule has 1 rings (SSSR count). The maximum Gasteiger partial charge on any atom is 0.326 e. The van der Waals surface area contributed by atoms with Gasteiger partial charge in [0, 0.05) is 0 Å². The fraction of sp³-hybridized carbons (Fsp3) is 0.586. The highest BCUT2D eigenvalue weighted by Crippen LogP contribution is 2.09. The zero-order valence-corrected chi connectivity index (χ0v) is 25.2. The van der Waals surface area contributed by atoms with Crippen molar-refractivity contribution < 1.29 is 39.0 Å². The number of nitrogens with two attached hydrogens (primary N) is 2. The number of aliphatic carboxylic acids is 2. The van der Waals surface area contributed by atoms with Crippen molar-refractivity contribution in [3.63, 3.8) is 0 Å². The molecule has 0 aromatic heterocycles. The third-order valence-electron chi connectivity index (χ3n) is 6.70. The van der Waals surface area contributed by atoms with E-state index in [-0.39, 0.29) is 12.8 Å². The molecule has 0 bridgehead atoms. The largest absolute Gasteiger partial charge is 0.481 e. The van der Waals surface area contributed by atoms with E-state index < -0.39 is 84.0 Å². The molecule has 0 radical (unpaired) electrons. The lowest BCUT2D eigenvalue weighted by Crippen LogP contribution is -2.60. The summed E-state index contributed by atoms with van der Waals surface area (Å²) in [6.45, 7) is 6.76. The summed E-state index contributed by atoms with van der Waals surface area (Å²) in [5, 5.41) is 28.6. The van der Waals surface area contributed by atoms with Gasteiger partial charge in [-0.1, -0.05) is 58.0 Å². The van der Waals surface area contributed by atoms with E-state index in [1.165, 1.54) is 0 Å². The van der Waals surface area contributed by atoms with E-state index in [9.17, 15) is 39.0 Å². The zero-order chi connectivity index (χ0) is 32.7. The third-order valence-corrected chi connectivity index (χ3v) is 6.70. The fourth-order valence-electron chi connectivity index (χ4n) is 4.20. The molecule has 0 aliphatic heterocycles. The standard InChI is InChI=1S/C29H46N6O8/c1-16(2)23(28(41)33-21(15-22(36)37)27(40)35-24(17(3)4)29(42)43)34-26(39)20(12-8-9-13-30)32-25(38)19(31)14-18-10-6-5-7-11-18/h5-7,10-11,16-17,19-21,23-24H,8-9,12-15,30-31H2,1-4H3,(H,32,38)(H,33,41)(H,34,39)(H,35,40)(H,36,37)(H,42,43). The van der Waals surface area contributed by atoms with Gasteiger partial charge in [0.1, 0.15) is 24.2 Å². The smallest absolute Gasteiger partial charge is 0.326 e. The molecule has 4 amide bonds. The molecule has 0 saturated heterocycles. The normalized spacial score (nSPS) is 14.6. The summed E-state index contributed by atoms with van der Waals surface area (Å²) in [4.78, 5) is 75.3. The minimum absolute atomic E-state index is 0.217. The van der Waals surface area contributed by atoms with Crippen LogP contribution < -0.4 is 32.7 Å². The minimum atomic E-state index is -1.61. The monoisotopic (exact) mass is 606 g/mol. The second kappa shape index (κ2) is 18.5. The molecule has 0 saturated carbocycles. The molecule has 240 valence electrons. The first-order chi connectivity index (χ1) is 20.2. The quantitative estimate of drug-likeness (QED) is 0.0938. The molecule has 0 heterocycles. The summed E-state index contributed by atoms with van der Waals surface area (Å²) in [6, 6.07) is 3.00. The number of carbonyl (C=O) groups is 6. The summed E-state index contributed by atoms with van der Waals surface area (Å²) in [5.41, 5.74) is 12.5. The Balaban J connectivity index is 3.07. The molecule has 5 unspecified atom stereocenters. The van der Waals surface area contributed by atoms with E-state index in [0.29, 0.717) is 19.4 Å². The number of unbranched alkanes of at least 4 members (excludes halogenated alkanes) is 1. The molecule has 0 aliphatic carbocycles. The Morgan fingerprint density at radius 1 is 0.721 bits per heavy atom.